The summed E-state index contributed by atoms with van der Waals surface area (Å²) in [6, 6.07) is 0. The minimum absolute atomic E-state index is 0.0130. The van der Waals surface area contributed by atoms with Gasteiger partial charge in [0.15, 0.2) is 0 Å². The minimum atomic E-state index is -0.449. The van der Waals surface area contributed by atoms with Gasteiger partial charge in [0, 0.05) is 19.5 Å². The topological polar surface area (TPSA) is 67.4 Å². The maximum absolute atomic E-state index is 11.2. The molecule has 0 unspecified atom stereocenters. The van der Waals surface area contributed by atoms with Gasteiger partial charge in [-0.1, -0.05) is 6.92 Å². The van der Waals surface area contributed by atoms with Crippen molar-refractivity contribution in [2.45, 2.75) is 39.7 Å². The van der Waals surface area contributed by atoms with Gasteiger partial charge in [0.25, 0.3) is 0 Å². The quantitative estimate of drug-likeness (QED) is 0.513. The van der Waals surface area contributed by atoms with Gasteiger partial charge < -0.3 is 15.4 Å². The van der Waals surface area contributed by atoms with Crippen molar-refractivity contribution in [1.82, 2.24) is 10.6 Å². The fraction of sp³-hybridized carbons (Fsp3) is 0.818. The molecule has 0 aromatic rings. The van der Waals surface area contributed by atoms with Crippen LogP contribution in [0.4, 0.5) is 0 Å². The van der Waals surface area contributed by atoms with Gasteiger partial charge >= 0.3 is 5.97 Å². The number of hydrogen-bond acceptors (Lipinski definition) is 4. The highest BCUT2D eigenvalue weighted by Gasteiger charge is 2.15. The van der Waals surface area contributed by atoms with Gasteiger partial charge in [0.05, 0.1) is 6.54 Å². The highest BCUT2D eigenvalue weighted by atomic mass is 16.6. The van der Waals surface area contributed by atoms with Gasteiger partial charge in [-0.25, -0.2) is 0 Å². The van der Waals surface area contributed by atoms with Crippen LogP contribution in [0.15, 0.2) is 0 Å². The second-order valence-electron chi connectivity index (χ2n) is 4.47. The number of nitrogens with one attached hydrogen (secondary N) is 2. The molecule has 0 rings (SSSR count). The van der Waals surface area contributed by atoms with Crippen LogP contribution in [0.5, 0.6) is 0 Å². The molecule has 5 nitrogen and oxygen atoms in total. The summed E-state index contributed by atoms with van der Waals surface area (Å²) in [6.07, 6.45) is 0.478. The third-order valence-corrected chi connectivity index (χ3v) is 1.63. The van der Waals surface area contributed by atoms with E-state index >= 15 is 0 Å². The molecule has 0 atom stereocenters. The predicted octanol–water partition coefficient (Wildman–Crippen LogP) is 0.444. The Hall–Kier alpha value is -1.10. The van der Waals surface area contributed by atoms with Crippen molar-refractivity contribution >= 4 is 11.9 Å². The zero-order chi connectivity index (χ0) is 12.6. The minimum Gasteiger partial charge on any atom is -0.459 e. The molecule has 0 spiro atoms. The van der Waals surface area contributed by atoms with Crippen LogP contribution in [0.1, 0.15) is 34.1 Å². The Bertz CT molecular complexity index is 234. The van der Waals surface area contributed by atoms with Gasteiger partial charge in [0.1, 0.15) is 5.60 Å². The van der Waals surface area contributed by atoms with Gasteiger partial charge in [-0.2, -0.15) is 0 Å². The molecule has 0 bridgehead atoms. The van der Waals surface area contributed by atoms with Crippen LogP contribution in [-0.2, 0) is 14.3 Å². The second-order valence-corrected chi connectivity index (χ2v) is 4.47. The van der Waals surface area contributed by atoms with E-state index in [1.54, 1.807) is 6.92 Å². The highest BCUT2D eigenvalue weighted by Crippen LogP contribution is 2.05. The van der Waals surface area contributed by atoms with Crippen molar-refractivity contribution < 1.29 is 14.3 Å². The number of amides is 1. The van der Waals surface area contributed by atoms with Gasteiger partial charge in [-0.05, 0) is 20.8 Å². The molecule has 5 heteroatoms. The summed E-state index contributed by atoms with van der Waals surface area (Å²) in [7, 11) is 0. The largest absolute Gasteiger partial charge is 0.459 e. The maximum atomic E-state index is 11.2. The van der Waals surface area contributed by atoms with Crippen molar-refractivity contribution in [1.29, 1.82) is 0 Å². The molecule has 0 saturated carbocycles. The van der Waals surface area contributed by atoms with Gasteiger partial charge in [-0.3, -0.25) is 9.59 Å². The van der Waals surface area contributed by atoms with E-state index in [0.717, 1.165) is 0 Å². The Morgan fingerprint density at radius 2 is 1.81 bits per heavy atom. The van der Waals surface area contributed by atoms with Crippen LogP contribution in [0, 0.1) is 0 Å². The summed E-state index contributed by atoms with van der Waals surface area (Å²) >= 11 is 0. The summed E-state index contributed by atoms with van der Waals surface area (Å²) in [5.41, 5.74) is -0.449. The molecule has 0 aromatic carbocycles. The number of ether oxygens (including phenoxy) is 1. The van der Waals surface area contributed by atoms with Crippen molar-refractivity contribution in [3.8, 4) is 0 Å². The van der Waals surface area contributed by atoms with Crippen LogP contribution in [0.25, 0.3) is 0 Å². The Morgan fingerprint density at radius 1 is 1.19 bits per heavy atom. The zero-order valence-electron chi connectivity index (χ0n) is 10.6. The summed E-state index contributed by atoms with van der Waals surface area (Å²) in [6.45, 7) is 8.52. The van der Waals surface area contributed by atoms with Crippen LogP contribution >= 0.6 is 0 Å². The second kappa shape index (κ2) is 7.22. The van der Waals surface area contributed by atoms with Crippen LogP contribution in [0.2, 0.25) is 0 Å². The van der Waals surface area contributed by atoms with Crippen molar-refractivity contribution in [3.05, 3.63) is 0 Å². The summed E-state index contributed by atoms with van der Waals surface area (Å²) in [5, 5.41) is 5.60. The van der Waals surface area contributed by atoms with Gasteiger partial charge in [-0.15, -0.1) is 0 Å². The van der Waals surface area contributed by atoms with E-state index in [9.17, 15) is 9.59 Å². The SMILES string of the molecule is CCC(=O)NCCNCC(=O)OC(C)(C)C. The Morgan fingerprint density at radius 3 is 2.31 bits per heavy atom. The molecule has 0 saturated heterocycles. The summed E-state index contributed by atoms with van der Waals surface area (Å²) in [5.74, 6) is -0.270. The maximum Gasteiger partial charge on any atom is 0.320 e. The lowest BCUT2D eigenvalue weighted by atomic mass is 10.2. The van der Waals surface area contributed by atoms with E-state index in [-0.39, 0.29) is 18.4 Å². The number of hydrogen-bond donors (Lipinski definition) is 2. The lowest BCUT2D eigenvalue weighted by molar-refractivity contribution is -0.153. The average molecular weight is 230 g/mol. The van der Waals surface area contributed by atoms with E-state index < -0.39 is 5.60 Å². The fourth-order valence-corrected chi connectivity index (χ4v) is 0.983. The van der Waals surface area contributed by atoms with Gasteiger partial charge in [0.2, 0.25) is 5.91 Å². The lowest BCUT2D eigenvalue weighted by Gasteiger charge is -2.19. The zero-order valence-corrected chi connectivity index (χ0v) is 10.6. The monoisotopic (exact) mass is 230 g/mol. The first-order valence-electron chi connectivity index (χ1n) is 5.54. The number of rotatable bonds is 6. The lowest BCUT2D eigenvalue weighted by Crippen LogP contribution is -2.36. The molecule has 0 aliphatic rings. The first-order valence-corrected chi connectivity index (χ1v) is 5.54. The van der Waals surface area contributed by atoms with Crippen LogP contribution in [0.3, 0.4) is 0 Å². The van der Waals surface area contributed by atoms with E-state index in [2.05, 4.69) is 10.6 Å². The molecule has 2 N–H and O–H groups in total. The normalized spacial score (nSPS) is 11.0. The van der Waals surface area contributed by atoms with Crippen molar-refractivity contribution in [2.24, 2.45) is 0 Å². The number of esters is 1. The van der Waals surface area contributed by atoms with Crippen LogP contribution in [-0.4, -0.2) is 37.1 Å². The molecule has 0 aromatic heterocycles. The molecule has 0 fully saturated rings. The average Bonchev–Trinajstić information content (AvgIpc) is 2.14. The third-order valence-electron chi connectivity index (χ3n) is 1.63. The van der Waals surface area contributed by atoms with E-state index in [4.69, 9.17) is 4.74 Å². The summed E-state index contributed by atoms with van der Waals surface area (Å²) in [4.78, 5) is 22.1. The molecule has 94 valence electrons. The molecule has 0 aliphatic heterocycles. The Kier molecular flexibility index (Phi) is 6.72. The summed E-state index contributed by atoms with van der Waals surface area (Å²) < 4.78 is 5.10. The van der Waals surface area contributed by atoms with Crippen LogP contribution < -0.4 is 10.6 Å². The molecule has 0 radical (unpaired) electrons. The van der Waals surface area contributed by atoms with Crippen molar-refractivity contribution in [3.63, 3.8) is 0 Å². The highest BCUT2D eigenvalue weighted by molar-refractivity contribution is 5.75. The molecule has 0 heterocycles. The third kappa shape index (κ3) is 9.45. The first kappa shape index (κ1) is 14.9. The molecular weight excluding hydrogens is 208 g/mol. The molecule has 1 amide bonds. The standard InChI is InChI=1S/C11H22N2O3/c1-5-9(14)13-7-6-12-8-10(15)16-11(2,3)4/h12H,5-8H2,1-4H3,(H,13,14). The number of carbonyl (C=O) groups excluding carboxylic acids is 2. The molecule has 0 aliphatic carbocycles. The first-order chi connectivity index (χ1) is 7.35. The number of carbonyl (C=O) groups is 2. The van der Waals surface area contributed by atoms with E-state index in [1.807, 2.05) is 20.8 Å². The predicted molar refractivity (Wildman–Crippen MR) is 62.0 cm³/mol. The van der Waals surface area contributed by atoms with E-state index in [1.165, 1.54) is 0 Å². The fourth-order valence-electron chi connectivity index (χ4n) is 0.983. The Balaban J connectivity index is 3.45. The van der Waals surface area contributed by atoms with Crippen molar-refractivity contribution in [2.75, 3.05) is 19.6 Å². The molecular formula is C11H22N2O3. The molecule has 16 heavy (non-hydrogen) atoms. The Labute approximate surface area is 96.9 Å². The smallest absolute Gasteiger partial charge is 0.320 e. The van der Waals surface area contributed by atoms with E-state index in [0.29, 0.717) is 19.5 Å².